The van der Waals surface area contributed by atoms with Crippen LogP contribution in [-0.4, -0.2) is 23.0 Å². The second kappa shape index (κ2) is 8.45. The average molecular weight is 368 g/mol. The SMILES string of the molecule is COc1ccc(-c2cc(CNC(=O)Cc3ccccc3Cl)ncn2)cc1. The Labute approximate surface area is 157 Å². The number of benzene rings is 2. The summed E-state index contributed by atoms with van der Waals surface area (Å²) >= 11 is 6.09. The van der Waals surface area contributed by atoms with Crippen molar-refractivity contribution in [2.45, 2.75) is 13.0 Å². The fourth-order valence-electron chi connectivity index (χ4n) is 2.48. The van der Waals surface area contributed by atoms with Crippen molar-refractivity contribution in [1.82, 2.24) is 15.3 Å². The minimum Gasteiger partial charge on any atom is -0.497 e. The summed E-state index contributed by atoms with van der Waals surface area (Å²) in [6.45, 7) is 0.328. The molecular formula is C20H18ClN3O2. The number of ether oxygens (including phenoxy) is 1. The fourth-order valence-corrected chi connectivity index (χ4v) is 2.68. The van der Waals surface area contributed by atoms with Crippen LogP contribution in [0, 0.1) is 0 Å². The maximum Gasteiger partial charge on any atom is 0.224 e. The monoisotopic (exact) mass is 367 g/mol. The van der Waals surface area contributed by atoms with Crippen LogP contribution in [0.3, 0.4) is 0 Å². The van der Waals surface area contributed by atoms with Gasteiger partial charge in [0.1, 0.15) is 12.1 Å². The minimum absolute atomic E-state index is 0.109. The lowest BCUT2D eigenvalue weighted by Gasteiger charge is -2.08. The number of aromatic nitrogens is 2. The van der Waals surface area contributed by atoms with Gasteiger partial charge in [0.2, 0.25) is 5.91 Å². The first-order valence-corrected chi connectivity index (χ1v) is 8.49. The van der Waals surface area contributed by atoms with E-state index in [4.69, 9.17) is 16.3 Å². The van der Waals surface area contributed by atoms with Crippen molar-refractivity contribution in [3.8, 4) is 17.0 Å². The molecule has 2 aromatic carbocycles. The zero-order valence-electron chi connectivity index (χ0n) is 14.3. The van der Waals surface area contributed by atoms with E-state index in [9.17, 15) is 4.79 Å². The van der Waals surface area contributed by atoms with E-state index in [2.05, 4.69) is 15.3 Å². The van der Waals surface area contributed by atoms with Crippen molar-refractivity contribution in [3.63, 3.8) is 0 Å². The molecule has 1 amide bonds. The molecule has 0 bridgehead atoms. The molecule has 0 aliphatic carbocycles. The lowest BCUT2D eigenvalue weighted by Crippen LogP contribution is -2.25. The van der Waals surface area contributed by atoms with Crippen LogP contribution in [0.5, 0.6) is 5.75 Å². The predicted molar refractivity (Wildman–Crippen MR) is 101 cm³/mol. The van der Waals surface area contributed by atoms with Crippen LogP contribution < -0.4 is 10.1 Å². The number of nitrogens with zero attached hydrogens (tertiary/aromatic N) is 2. The third-order valence-electron chi connectivity index (χ3n) is 3.89. The molecule has 0 atom stereocenters. The number of carbonyl (C=O) groups excluding carboxylic acids is 1. The Hall–Kier alpha value is -2.92. The summed E-state index contributed by atoms with van der Waals surface area (Å²) in [6.07, 6.45) is 1.73. The molecule has 0 aliphatic heterocycles. The molecule has 0 aliphatic rings. The molecule has 0 saturated heterocycles. The number of hydrogen-bond donors (Lipinski definition) is 1. The summed E-state index contributed by atoms with van der Waals surface area (Å²) in [5.41, 5.74) is 3.28. The molecule has 3 rings (SSSR count). The zero-order chi connectivity index (χ0) is 18.4. The summed E-state index contributed by atoms with van der Waals surface area (Å²) < 4.78 is 5.16. The van der Waals surface area contributed by atoms with Gasteiger partial charge in [0.15, 0.2) is 0 Å². The summed E-state index contributed by atoms with van der Waals surface area (Å²) in [5.74, 6) is 0.678. The Balaban J connectivity index is 1.63. The number of amides is 1. The standard InChI is InChI=1S/C20H18ClN3O2/c1-26-17-8-6-14(7-9-17)19-11-16(23-13-24-19)12-22-20(25)10-15-4-2-3-5-18(15)21/h2-9,11,13H,10,12H2,1H3,(H,22,25). The highest BCUT2D eigenvalue weighted by Gasteiger charge is 2.08. The van der Waals surface area contributed by atoms with Crippen molar-refractivity contribution >= 4 is 17.5 Å². The van der Waals surface area contributed by atoms with Crippen LogP contribution in [-0.2, 0) is 17.8 Å². The molecule has 5 nitrogen and oxygen atoms in total. The molecule has 0 saturated carbocycles. The highest BCUT2D eigenvalue weighted by molar-refractivity contribution is 6.31. The Morgan fingerprint density at radius 1 is 1.12 bits per heavy atom. The fraction of sp³-hybridized carbons (Fsp3) is 0.150. The van der Waals surface area contributed by atoms with Gasteiger partial charge in [-0.2, -0.15) is 0 Å². The van der Waals surface area contributed by atoms with Crippen LogP contribution in [0.1, 0.15) is 11.3 Å². The normalized spacial score (nSPS) is 10.4. The topological polar surface area (TPSA) is 64.1 Å². The summed E-state index contributed by atoms with van der Waals surface area (Å²) in [4.78, 5) is 20.6. The van der Waals surface area contributed by atoms with Gasteiger partial charge in [-0.1, -0.05) is 29.8 Å². The van der Waals surface area contributed by atoms with E-state index in [1.54, 1.807) is 13.2 Å². The summed E-state index contributed by atoms with van der Waals surface area (Å²) in [7, 11) is 1.63. The molecule has 0 unspecified atom stereocenters. The van der Waals surface area contributed by atoms with Gasteiger partial charge in [-0.3, -0.25) is 4.79 Å². The maximum atomic E-state index is 12.1. The Morgan fingerprint density at radius 3 is 2.62 bits per heavy atom. The molecule has 0 radical (unpaired) electrons. The molecule has 6 heteroatoms. The van der Waals surface area contributed by atoms with Crippen molar-refractivity contribution < 1.29 is 9.53 Å². The smallest absolute Gasteiger partial charge is 0.224 e. The number of hydrogen-bond acceptors (Lipinski definition) is 4. The largest absolute Gasteiger partial charge is 0.497 e. The number of halogens is 1. The highest BCUT2D eigenvalue weighted by atomic mass is 35.5. The molecule has 0 spiro atoms. The van der Waals surface area contributed by atoms with Crippen molar-refractivity contribution in [3.05, 3.63) is 77.2 Å². The Kier molecular flexibility index (Phi) is 5.81. The zero-order valence-corrected chi connectivity index (χ0v) is 15.0. The molecule has 3 aromatic rings. The van der Waals surface area contributed by atoms with Crippen LogP contribution in [0.2, 0.25) is 5.02 Å². The van der Waals surface area contributed by atoms with E-state index in [-0.39, 0.29) is 12.3 Å². The van der Waals surface area contributed by atoms with E-state index >= 15 is 0 Å². The number of methoxy groups -OCH3 is 1. The molecule has 1 N–H and O–H groups in total. The second-order valence-corrected chi connectivity index (χ2v) is 6.08. The van der Waals surface area contributed by atoms with Gasteiger partial charge in [0.25, 0.3) is 0 Å². The summed E-state index contributed by atoms with van der Waals surface area (Å²) in [6, 6.07) is 16.8. The van der Waals surface area contributed by atoms with E-state index in [1.165, 1.54) is 6.33 Å². The van der Waals surface area contributed by atoms with Gasteiger partial charge in [-0.05, 0) is 42.0 Å². The first-order chi connectivity index (χ1) is 12.7. The minimum atomic E-state index is -0.109. The second-order valence-electron chi connectivity index (χ2n) is 5.67. The predicted octanol–water partition coefficient (Wildman–Crippen LogP) is 3.66. The van der Waals surface area contributed by atoms with Gasteiger partial charge >= 0.3 is 0 Å². The van der Waals surface area contributed by atoms with Crippen LogP contribution in [0.4, 0.5) is 0 Å². The quantitative estimate of drug-likeness (QED) is 0.722. The highest BCUT2D eigenvalue weighted by Crippen LogP contribution is 2.20. The van der Waals surface area contributed by atoms with Crippen LogP contribution in [0.25, 0.3) is 11.3 Å². The van der Waals surface area contributed by atoms with Crippen molar-refractivity contribution in [2.75, 3.05) is 7.11 Å². The molecule has 26 heavy (non-hydrogen) atoms. The molecule has 0 fully saturated rings. The molecule has 132 valence electrons. The van der Waals surface area contributed by atoms with Gasteiger partial charge in [-0.15, -0.1) is 0 Å². The van der Waals surface area contributed by atoms with E-state index in [0.717, 1.165) is 28.3 Å². The molecular weight excluding hydrogens is 350 g/mol. The van der Waals surface area contributed by atoms with Gasteiger partial charge < -0.3 is 10.1 Å². The van der Waals surface area contributed by atoms with Crippen molar-refractivity contribution in [1.29, 1.82) is 0 Å². The average Bonchev–Trinajstić information content (AvgIpc) is 2.68. The van der Waals surface area contributed by atoms with Crippen molar-refractivity contribution in [2.24, 2.45) is 0 Å². The van der Waals surface area contributed by atoms with Crippen LogP contribution in [0.15, 0.2) is 60.9 Å². The first kappa shape index (κ1) is 17.9. The number of carbonyl (C=O) groups is 1. The van der Waals surface area contributed by atoms with Gasteiger partial charge in [0, 0.05) is 10.6 Å². The van der Waals surface area contributed by atoms with Gasteiger partial charge in [-0.25, -0.2) is 9.97 Å². The lowest BCUT2D eigenvalue weighted by atomic mass is 10.1. The maximum absolute atomic E-state index is 12.1. The lowest BCUT2D eigenvalue weighted by molar-refractivity contribution is -0.120. The van der Waals surface area contributed by atoms with Gasteiger partial charge in [0.05, 0.1) is 31.5 Å². The van der Waals surface area contributed by atoms with E-state index in [0.29, 0.717) is 11.6 Å². The van der Waals surface area contributed by atoms with E-state index in [1.807, 2.05) is 48.5 Å². The third kappa shape index (κ3) is 4.58. The number of nitrogens with one attached hydrogen (secondary N) is 1. The Morgan fingerprint density at radius 2 is 1.88 bits per heavy atom. The third-order valence-corrected chi connectivity index (χ3v) is 4.25. The molecule has 1 heterocycles. The van der Waals surface area contributed by atoms with Crippen LogP contribution >= 0.6 is 11.6 Å². The number of rotatable bonds is 6. The first-order valence-electron chi connectivity index (χ1n) is 8.11. The molecule has 1 aromatic heterocycles. The summed E-state index contributed by atoms with van der Waals surface area (Å²) in [5, 5.41) is 3.45. The van der Waals surface area contributed by atoms with E-state index < -0.39 is 0 Å². The Bertz CT molecular complexity index is 898.